The summed E-state index contributed by atoms with van der Waals surface area (Å²) in [5, 5.41) is 0. The Kier molecular flexibility index (Phi) is 3.13. The maximum Gasteiger partial charge on any atom is 0.410 e. The average molecular weight is 239 g/mol. The van der Waals surface area contributed by atoms with Crippen molar-refractivity contribution in [3.05, 3.63) is 0 Å². The zero-order chi connectivity index (χ0) is 12.7. The van der Waals surface area contributed by atoms with Crippen molar-refractivity contribution in [3.63, 3.8) is 0 Å². The largest absolute Gasteiger partial charge is 0.444 e. The Morgan fingerprint density at radius 1 is 1.29 bits per heavy atom. The molecule has 2 atom stereocenters. The van der Waals surface area contributed by atoms with Gasteiger partial charge in [-0.2, -0.15) is 0 Å². The highest BCUT2D eigenvalue weighted by molar-refractivity contribution is 5.70. The van der Waals surface area contributed by atoms with Crippen molar-refractivity contribution in [1.29, 1.82) is 0 Å². The first-order valence-corrected chi connectivity index (χ1v) is 6.86. The molecule has 2 unspecified atom stereocenters. The van der Waals surface area contributed by atoms with Crippen LogP contribution in [0.25, 0.3) is 0 Å². The number of nitrogens with zero attached hydrogens (tertiary/aromatic N) is 1. The third kappa shape index (κ3) is 2.29. The summed E-state index contributed by atoms with van der Waals surface area (Å²) in [7, 11) is 0. The molecule has 1 aliphatic carbocycles. The van der Waals surface area contributed by atoms with Gasteiger partial charge < -0.3 is 9.64 Å². The third-order valence-corrected chi connectivity index (χ3v) is 4.31. The smallest absolute Gasteiger partial charge is 0.410 e. The van der Waals surface area contributed by atoms with Crippen LogP contribution in [0.5, 0.6) is 0 Å². The van der Waals surface area contributed by atoms with E-state index in [2.05, 4.69) is 6.92 Å². The number of carbonyl (C=O) groups is 1. The molecule has 0 bridgehead atoms. The summed E-state index contributed by atoms with van der Waals surface area (Å²) in [6, 6.07) is 0. The van der Waals surface area contributed by atoms with E-state index < -0.39 is 0 Å². The summed E-state index contributed by atoms with van der Waals surface area (Å²) in [5.74, 6) is 0.623. The molecular weight excluding hydrogens is 214 g/mol. The zero-order valence-electron chi connectivity index (χ0n) is 11.6. The van der Waals surface area contributed by atoms with Crippen LogP contribution < -0.4 is 0 Å². The minimum Gasteiger partial charge on any atom is -0.444 e. The Morgan fingerprint density at radius 3 is 2.47 bits per heavy atom. The lowest BCUT2D eigenvalue weighted by Gasteiger charge is -2.39. The van der Waals surface area contributed by atoms with Gasteiger partial charge in [0.25, 0.3) is 0 Å². The monoisotopic (exact) mass is 239 g/mol. The number of hydrogen-bond donors (Lipinski definition) is 0. The van der Waals surface area contributed by atoms with Crippen molar-refractivity contribution in [2.75, 3.05) is 6.54 Å². The van der Waals surface area contributed by atoms with E-state index in [1.165, 1.54) is 12.8 Å². The van der Waals surface area contributed by atoms with Gasteiger partial charge in [0.05, 0.1) is 0 Å². The van der Waals surface area contributed by atoms with Crippen LogP contribution in [0.3, 0.4) is 0 Å². The molecule has 2 aliphatic rings. The summed E-state index contributed by atoms with van der Waals surface area (Å²) in [4.78, 5) is 14.3. The Morgan fingerprint density at radius 2 is 1.94 bits per heavy atom. The molecule has 1 heterocycles. The zero-order valence-corrected chi connectivity index (χ0v) is 11.6. The lowest BCUT2D eigenvalue weighted by Crippen LogP contribution is -2.50. The number of ether oxygens (including phenoxy) is 1. The van der Waals surface area contributed by atoms with Crippen molar-refractivity contribution in [3.8, 4) is 0 Å². The maximum atomic E-state index is 12.3. The van der Waals surface area contributed by atoms with E-state index in [1.54, 1.807) is 0 Å². The number of hydrogen-bond acceptors (Lipinski definition) is 2. The molecule has 0 aromatic carbocycles. The lowest BCUT2D eigenvalue weighted by atomic mass is 9.86. The molecule has 2 fully saturated rings. The predicted molar refractivity (Wildman–Crippen MR) is 67.9 cm³/mol. The van der Waals surface area contributed by atoms with Gasteiger partial charge in [-0.25, -0.2) is 4.79 Å². The highest BCUT2D eigenvalue weighted by Gasteiger charge is 2.50. The van der Waals surface area contributed by atoms with Gasteiger partial charge in [-0.05, 0) is 52.4 Å². The van der Waals surface area contributed by atoms with Crippen LogP contribution in [-0.2, 0) is 4.74 Å². The molecular formula is C14H25NO2. The molecule has 1 saturated heterocycles. The molecule has 3 heteroatoms. The first kappa shape index (κ1) is 12.7. The van der Waals surface area contributed by atoms with Crippen LogP contribution >= 0.6 is 0 Å². The van der Waals surface area contributed by atoms with Crippen LogP contribution in [-0.4, -0.2) is 28.7 Å². The quantitative estimate of drug-likeness (QED) is 0.646. The molecule has 0 aromatic rings. The van der Waals surface area contributed by atoms with Crippen molar-refractivity contribution >= 4 is 6.09 Å². The van der Waals surface area contributed by atoms with Crippen LogP contribution in [0.1, 0.15) is 59.8 Å². The second-order valence-electron chi connectivity index (χ2n) is 6.63. The second-order valence-corrected chi connectivity index (χ2v) is 6.63. The van der Waals surface area contributed by atoms with Crippen molar-refractivity contribution in [1.82, 2.24) is 4.90 Å². The summed E-state index contributed by atoms with van der Waals surface area (Å²) in [6.07, 6.45) is 5.84. The van der Waals surface area contributed by atoms with Gasteiger partial charge in [-0.3, -0.25) is 0 Å². The first-order valence-electron chi connectivity index (χ1n) is 6.86. The van der Waals surface area contributed by atoms with Gasteiger partial charge in [0.1, 0.15) is 5.60 Å². The molecule has 1 spiro atoms. The Labute approximate surface area is 105 Å². The third-order valence-electron chi connectivity index (χ3n) is 4.31. The average Bonchev–Trinajstić information content (AvgIpc) is 2.74. The van der Waals surface area contributed by atoms with Crippen molar-refractivity contribution in [2.45, 2.75) is 70.9 Å². The molecule has 0 N–H and O–H groups in total. The molecule has 3 nitrogen and oxygen atoms in total. The van der Waals surface area contributed by atoms with E-state index in [4.69, 9.17) is 4.74 Å². The Hall–Kier alpha value is -0.730. The Bertz CT molecular complexity index is 304. The molecule has 0 aromatic heterocycles. The molecule has 17 heavy (non-hydrogen) atoms. The number of likely N-dealkylation sites (tertiary alicyclic amines) is 1. The minimum atomic E-state index is -0.386. The summed E-state index contributed by atoms with van der Waals surface area (Å²) >= 11 is 0. The molecule has 2 rings (SSSR count). The number of carbonyl (C=O) groups excluding carboxylic acids is 1. The van der Waals surface area contributed by atoms with Gasteiger partial charge in [0.2, 0.25) is 0 Å². The summed E-state index contributed by atoms with van der Waals surface area (Å²) in [5.41, 5.74) is -0.273. The standard InChI is InChI=1S/C14H25NO2/c1-11-7-5-8-14(11)9-6-10-15(14)12(16)17-13(2,3)4/h11H,5-10H2,1-4H3. The van der Waals surface area contributed by atoms with Gasteiger partial charge in [0.15, 0.2) is 0 Å². The van der Waals surface area contributed by atoms with E-state index in [-0.39, 0.29) is 17.2 Å². The lowest BCUT2D eigenvalue weighted by molar-refractivity contribution is 0.00162. The van der Waals surface area contributed by atoms with E-state index in [9.17, 15) is 4.79 Å². The molecule has 0 radical (unpaired) electrons. The summed E-state index contributed by atoms with van der Waals surface area (Å²) in [6.45, 7) is 8.97. The van der Waals surface area contributed by atoms with Gasteiger partial charge in [0, 0.05) is 12.1 Å². The Balaban J connectivity index is 2.12. The van der Waals surface area contributed by atoms with Gasteiger partial charge >= 0.3 is 6.09 Å². The first-order chi connectivity index (χ1) is 7.85. The van der Waals surface area contributed by atoms with E-state index in [0.29, 0.717) is 5.92 Å². The van der Waals surface area contributed by atoms with Crippen molar-refractivity contribution in [2.24, 2.45) is 5.92 Å². The van der Waals surface area contributed by atoms with Crippen LogP contribution in [0.4, 0.5) is 4.79 Å². The SMILES string of the molecule is CC1CCCC12CCCN2C(=O)OC(C)(C)C. The van der Waals surface area contributed by atoms with Crippen LogP contribution in [0, 0.1) is 5.92 Å². The number of rotatable bonds is 0. The highest BCUT2D eigenvalue weighted by atomic mass is 16.6. The molecule has 1 aliphatic heterocycles. The molecule has 98 valence electrons. The van der Waals surface area contributed by atoms with Crippen molar-refractivity contribution < 1.29 is 9.53 Å². The van der Waals surface area contributed by atoms with Gasteiger partial charge in [-0.1, -0.05) is 13.3 Å². The fourth-order valence-corrected chi connectivity index (χ4v) is 3.49. The topological polar surface area (TPSA) is 29.5 Å². The van der Waals surface area contributed by atoms with Crippen LogP contribution in [0.2, 0.25) is 0 Å². The second kappa shape index (κ2) is 4.18. The van der Waals surface area contributed by atoms with E-state index in [1.807, 2.05) is 25.7 Å². The maximum absolute atomic E-state index is 12.3. The minimum absolute atomic E-state index is 0.108. The molecule has 1 saturated carbocycles. The fourth-order valence-electron chi connectivity index (χ4n) is 3.49. The molecule has 1 amide bonds. The number of amides is 1. The van der Waals surface area contributed by atoms with Crippen LogP contribution in [0.15, 0.2) is 0 Å². The van der Waals surface area contributed by atoms with E-state index in [0.717, 1.165) is 25.8 Å². The predicted octanol–water partition coefficient (Wildman–Crippen LogP) is 3.58. The van der Waals surface area contributed by atoms with E-state index >= 15 is 0 Å². The summed E-state index contributed by atoms with van der Waals surface area (Å²) < 4.78 is 5.54. The fraction of sp³-hybridized carbons (Fsp3) is 0.929. The highest BCUT2D eigenvalue weighted by Crippen LogP contribution is 2.47. The normalized spacial score (nSPS) is 33.4. The van der Waals surface area contributed by atoms with Gasteiger partial charge in [-0.15, -0.1) is 0 Å².